The van der Waals surface area contributed by atoms with Gasteiger partial charge in [0.1, 0.15) is 0 Å². The van der Waals surface area contributed by atoms with Crippen LogP contribution in [0.2, 0.25) is 0 Å². The van der Waals surface area contributed by atoms with Crippen LogP contribution in [0.5, 0.6) is 0 Å². The molecule has 2 N–H and O–H groups in total. The fourth-order valence-corrected chi connectivity index (χ4v) is 1.92. The number of carboxylic acids is 1. The molecule has 1 rings (SSSR count). The topological polar surface area (TPSA) is 49.3 Å². The van der Waals surface area contributed by atoms with Crippen molar-refractivity contribution in [3.8, 4) is 0 Å². The lowest BCUT2D eigenvalue weighted by molar-refractivity contribution is -0.137. The van der Waals surface area contributed by atoms with Crippen molar-refractivity contribution in [2.45, 2.75) is 38.5 Å². The van der Waals surface area contributed by atoms with Crippen LogP contribution in [0.15, 0.2) is 30.3 Å². The van der Waals surface area contributed by atoms with Gasteiger partial charge in [-0.25, -0.2) is 0 Å². The largest absolute Gasteiger partial charge is 0.481 e. The summed E-state index contributed by atoms with van der Waals surface area (Å²) < 4.78 is 0. The molecule has 0 atom stereocenters. The first-order valence-corrected chi connectivity index (χ1v) is 6.50. The summed E-state index contributed by atoms with van der Waals surface area (Å²) in [7, 11) is 0. The highest BCUT2D eigenvalue weighted by Gasteiger charge is 2.19. The van der Waals surface area contributed by atoms with Crippen LogP contribution in [0.4, 0.5) is 0 Å². The molecule has 0 radical (unpaired) electrons. The molecule has 1 aromatic carbocycles. The van der Waals surface area contributed by atoms with Crippen LogP contribution < -0.4 is 5.32 Å². The molecule has 0 fully saturated rings. The molecule has 0 spiro atoms. The van der Waals surface area contributed by atoms with Crippen LogP contribution in [-0.4, -0.2) is 24.2 Å². The summed E-state index contributed by atoms with van der Waals surface area (Å²) in [5.41, 5.74) is 1.43. The highest BCUT2D eigenvalue weighted by molar-refractivity contribution is 5.66. The van der Waals surface area contributed by atoms with Gasteiger partial charge in [0.25, 0.3) is 0 Å². The molecule has 3 nitrogen and oxygen atoms in total. The molecule has 0 heterocycles. The molecule has 0 aliphatic heterocycles. The van der Waals surface area contributed by atoms with Gasteiger partial charge in [0.2, 0.25) is 0 Å². The maximum atomic E-state index is 10.4. The van der Waals surface area contributed by atoms with E-state index in [-0.39, 0.29) is 11.8 Å². The van der Waals surface area contributed by atoms with E-state index in [1.807, 2.05) is 6.07 Å². The number of rotatable bonds is 8. The Hall–Kier alpha value is -1.35. The zero-order chi connectivity index (χ0) is 13.4. The van der Waals surface area contributed by atoms with Gasteiger partial charge in [-0.3, -0.25) is 4.79 Å². The van der Waals surface area contributed by atoms with Crippen molar-refractivity contribution in [2.75, 3.05) is 13.1 Å². The van der Waals surface area contributed by atoms with Crippen LogP contribution in [-0.2, 0) is 10.2 Å². The summed E-state index contributed by atoms with van der Waals surface area (Å²) in [5, 5.41) is 11.9. The normalized spacial score (nSPS) is 11.4. The van der Waals surface area contributed by atoms with Crippen molar-refractivity contribution in [1.29, 1.82) is 0 Å². The third-order valence-corrected chi connectivity index (χ3v) is 3.12. The molecular weight excluding hydrogens is 226 g/mol. The second-order valence-electron chi connectivity index (χ2n) is 5.28. The number of nitrogens with one attached hydrogen (secondary N) is 1. The molecule has 1 aromatic rings. The van der Waals surface area contributed by atoms with Crippen molar-refractivity contribution in [2.24, 2.45) is 0 Å². The lowest BCUT2D eigenvalue weighted by Crippen LogP contribution is -2.33. The van der Waals surface area contributed by atoms with Crippen molar-refractivity contribution in [3.05, 3.63) is 35.9 Å². The van der Waals surface area contributed by atoms with E-state index in [2.05, 4.69) is 43.4 Å². The molecule has 0 bridgehead atoms. The summed E-state index contributed by atoms with van der Waals surface area (Å²) in [4.78, 5) is 10.4. The van der Waals surface area contributed by atoms with Gasteiger partial charge in [0, 0.05) is 18.4 Å². The number of carbonyl (C=O) groups is 1. The second kappa shape index (κ2) is 7.17. The fraction of sp³-hybridized carbons (Fsp3) is 0.533. The number of hydrogen-bond acceptors (Lipinski definition) is 2. The second-order valence-corrected chi connectivity index (χ2v) is 5.28. The maximum absolute atomic E-state index is 10.4. The molecule has 100 valence electrons. The Labute approximate surface area is 109 Å². The summed E-state index contributed by atoms with van der Waals surface area (Å²) in [6, 6.07) is 10.4. The summed E-state index contributed by atoms with van der Waals surface area (Å²) >= 11 is 0. The Balaban J connectivity index is 2.24. The third kappa shape index (κ3) is 5.32. The minimum absolute atomic E-state index is 0.105. The first-order valence-electron chi connectivity index (χ1n) is 6.50. The van der Waals surface area contributed by atoms with Crippen molar-refractivity contribution >= 4 is 5.97 Å². The zero-order valence-corrected chi connectivity index (χ0v) is 11.3. The SMILES string of the molecule is CC(C)(CNCCCCC(=O)O)c1ccccc1. The summed E-state index contributed by atoms with van der Waals surface area (Å²) in [6.07, 6.45) is 1.93. The molecule has 3 heteroatoms. The Kier molecular flexibility index (Phi) is 5.86. The zero-order valence-electron chi connectivity index (χ0n) is 11.3. The van der Waals surface area contributed by atoms with Crippen LogP contribution in [0.1, 0.15) is 38.7 Å². The monoisotopic (exact) mass is 249 g/mol. The fourth-order valence-electron chi connectivity index (χ4n) is 1.92. The number of carboxylic acid groups (broad SMARTS) is 1. The van der Waals surface area contributed by atoms with E-state index in [1.54, 1.807) is 0 Å². The molecule has 0 saturated carbocycles. The number of unbranched alkanes of at least 4 members (excludes halogenated alkanes) is 1. The lowest BCUT2D eigenvalue weighted by atomic mass is 9.84. The van der Waals surface area contributed by atoms with Gasteiger partial charge < -0.3 is 10.4 Å². The van der Waals surface area contributed by atoms with E-state index in [4.69, 9.17) is 5.11 Å². The molecule has 0 aliphatic carbocycles. The maximum Gasteiger partial charge on any atom is 0.303 e. The van der Waals surface area contributed by atoms with E-state index in [9.17, 15) is 4.79 Å². The van der Waals surface area contributed by atoms with Crippen molar-refractivity contribution in [3.63, 3.8) is 0 Å². The standard InChI is InChI=1S/C15H23NO2/c1-15(2,13-8-4-3-5-9-13)12-16-11-7-6-10-14(17)18/h3-5,8-9,16H,6-7,10-12H2,1-2H3,(H,17,18). The average molecular weight is 249 g/mol. The highest BCUT2D eigenvalue weighted by atomic mass is 16.4. The van der Waals surface area contributed by atoms with E-state index in [1.165, 1.54) is 5.56 Å². The molecule has 0 amide bonds. The average Bonchev–Trinajstić information content (AvgIpc) is 2.34. The van der Waals surface area contributed by atoms with Gasteiger partial charge in [0.15, 0.2) is 0 Å². The van der Waals surface area contributed by atoms with Crippen LogP contribution >= 0.6 is 0 Å². The van der Waals surface area contributed by atoms with Gasteiger partial charge in [-0.05, 0) is 24.9 Å². The van der Waals surface area contributed by atoms with Crippen molar-refractivity contribution < 1.29 is 9.90 Å². The smallest absolute Gasteiger partial charge is 0.303 e. The van der Waals surface area contributed by atoms with Crippen LogP contribution in [0, 0.1) is 0 Å². The van der Waals surface area contributed by atoms with Gasteiger partial charge in [-0.15, -0.1) is 0 Å². The van der Waals surface area contributed by atoms with Crippen molar-refractivity contribution in [1.82, 2.24) is 5.32 Å². The number of benzene rings is 1. The lowest BCUT2D eigenvalue weighted by Gasteiger charge is -2.25. The number of aliphatic carboxylic acids is 1. The first kappa shape index (κ1) is 14.7. The highest BCUT2D eigenvalue weighted by Crippen LogP contribution is 2.21. The molecule has 18 heavy (non-hydrogen) atoms. The Morgan fingerprint density at radius 1 is 1.22 bits per heavy atom. The summed E-state index contributed by atoms with van der Waals surface area (Å²) in [5.74, 6) is -0.709. The third-order valence-electron chi connectivity index (χ3n) is 3.12. The molecule has 0 aromatic heterocycles. The van der Waals surface area contributed by atoms with Gasteiger partial charge in [-0.1, -0.05) is 44.2 Å². The molecule has 0 aliphatic rings. The van der Waals surface area contributed by atoms with Crippen LogP contribution in [0.25, 0.3) is 0 Å². The predicted octanol–water partition coefficient (Wildman–Crippen LogP) is 2.81. The Morgan fingerprint density at radius 3 is 2.50 bits per heavy atom. The van der Waals surface area contributed by atoms with E-state index >= 15 is 0 Å². The first-order chi connectivity index (χ1) is 8.52. The van der Waals surface area contributed by atoms with Gasteiger partial charge in [0.05, 0.1) is 0 Å². The Bertz CT molecular complexity index is 360. The minimum atomic E-state index is -0.709. The van der Waals surface area contributed by atoms with Gasteiger partial charge >= 0.3 is 5.97 Å². The number of hydrogen-bond donors (Lipinski definition) is 2. The summed E-state index contributed by atoms with van der Waals surface area (Å²) in [6.45, 7) is 6.22. The van der Waals surface area contributed by atoms with E-state index in [0.717, 1.165) is 25.9 Å². The van der Waals surface area contributed by atoms with E-state index in [0.29, 0.717) is 0 Å². The minimum Gasteiger partial charge on any atom is -0.481 e. The van der Waals surface area contributed by atoms with Gasteiger partial charge in [-0.2, -0.15) is 0 Å². The predicted molar refractivity (Wildman–Crippen MR) is 73.8 cm³/mol. The Morgan fingerprint density at radius 2 is 1.89 bits per heavy atom. The molecule has 0 saturated heterocycles. The molecule has 0 unspecified atom stereocenters. The van der Waals surface area contributed by atoms with E-state index < -0.39 is 5.97 Å². The quantitative estimate of drug-likeness (QED) is 0.696. The molecular formula is C15H23NO2. The van der Waals surface area contributed by atoms with Crippen LogP contribution in [0.3, 0.4) is 0 Å².